The molecular weight excluding hydrogens is 264 g/mol. The summed E-state index contributed by atoms with van der Waals surface area (Å²) in [5.74, 6) is 0.626. The number of nitrogens with zero attached hydrogens (tertiary/aromatic N) is 1. The van der Waals surface area contributed by atoms with Crippen LogP contribution in [0.25, 0.3) is 0 Å². The lowest BCUT2D eigenvalue weighted by Crippen LogP contribution is -2.46. The van der Waals surface area contributed by atoms with Crippen molar-refractivity contribution in [3.63, 3.8) is 0 Å². The van der Waals surface area contributed by atoms with Gasteiger partial charge in [-0.3, -0.25) is 0 Å². The Morgan fingerprint density at radius 2 is 1.79 bits per heavy atom. The fraction of sp³-hybridized carbons (Fsp3) is 1.00. The minimum absolute atomic E-state index is 0.216. The fourth-order valence-corrected chi connectivity index (χ4v) is 4.83. The van der Waals surface area contributed by atoms with Gasteiger partial charge in [-0.1, -0.05) is 6.92 Å². The second-order valence-electron chi connectivity index (χ2n) is 5.51. The first kappa shape index (κ1) is 15.2. The van der Waals surface area contributed by atoms with Gasteiger partial charge in [-0.2, -0.15) is 0 Å². The minimum atomic E-state index is -3.10. The van der Waals surface area contributed by atoms with E-state index in [1.165, 1.54) is 0 Å². The predicted molar refractivity (Wildman–Crippen MR) is 75.6 cm³/mol. The molecule has 2 aliphatic rings. The molecule has 0 aromatic rings. The van der Waals surface area contributed by atoms with Gasteiger partial charge in [-0.25, -0.2) is 12.7 Å². The van der Waals surface area contributed by atoms with Gasteiger partial charge in [-0.15, -0.1) is 0 Å². The molecule has 2 heterocycles. The second kappa shape index (κ2) is 7.02. The van der Waals surface area contributed by atoms with E-state index in [1.807, 2.05) is 0 Å². The Morgan fingerprint density at radius 3 is 2.37 bits per heavy atom. The van der Waals surface area contributed by atoms with Crippen molar-refractivity contribution in [2.24, 2.45) is 5.92 Å². The van der Waals surface area contributed by atoms with Crippen molar-refractivity contribution in [1.29, 1.82) is 0 Å². The molecule has 0 unspecified atom stereocenters. The summed E-state index contributed by atoms with van der Waals surface area (Å²) in [6.45, 7) is 6.65. The van der Waals surface area contributed by atoms with E-state index < -0.39 is 10.0 Å². The van der Waals surface area contributed by atoms with Crippen molar-refractivity contribution in [1.82, 2.24) is 9.62 Å². The van der Waals surface area contributed by atoms with Gasteiger partial charge in [0.05, 0.1) is 5.25 Å². The molecule has 0 aromatic carbocycles. The monoisotopic (exact) mass is 290 g/mol. The Morgan fingerprint density at radius 1 is 1.16 bits per heavy atom. The minimum Gasteiger partial charge on any atom is -0.381 e. The van der Waals surface area contributed by atoms with E-state index in [4.69, 9.17) is 4.74 Å². The third kappa shape index (κ3) is 3.90. The third-order valence-corrected chi connectivity index (χ3v) is 6.60. The Labute approximate surface area is 116 Å². The molecule has 0 saturated carbocycles. The Bertz CT molecular complexity index is 358. The van der Waals surface area contributed by atoms with Gasteiger partial charge < -0.3 is 10.1 Å². The zero-order chi connectivity index (χ0) is 13.7. The number of nitrogens with one attached hydrogen (secondary N) is 1. The molecule has 6 heteroatoms. The molecule has 0 bridgehead atoms. The zero-order valence-electron chi connectivity index (χ0n) is 11.8. The van der Waals surface area contributed by atoms with Crippen molar-refractivity contribution >= 4 is 10.0 Å². The van der Waals surface area contributed by atoms with E-state index in [9.17, 15) is 8.42 Å². The number of piperidine rings is 1. The molecule has 2 rings (SSSR count). The number of hydrogen-bond donors (Lipinski definition) is 1. The molecule has 0 radical (unpaired) electrons. The second-order valence-corrected chi connectivity index (χ2v) is 7.72. The topological polar surface area (TPSA) is 58.6 Å². The summed E-state index contributed by atoms with van der Waals surface area (Å²) in [4.78, 5) is 0. The van der Waals surface area contributed by atoms with Crippen LogP contribution in [0.2, 0.25) is 0 Å². The van der Waals surface area contributed by atoms with Crippen molar-refractivity contribution in [3.05, 3.63) is 0 Å². The van der Waals surface area contributed by atoms with Crippen molar-refractivity contribution in [2.45, 2.75) is 37.9 Å². The summed E-state index contributed by atoms with van der Waals surface area (Å²) in [7, 11) is -3.10. The lowest BCUT2D eigenvalue weighted by Gasteiger charge is -2.34. The molecule has 0 aromatic heterocycles. The summed E-state index contributed by atoms with van der Waals surface area (Å²) < 4.78 is 32.0. The van der Waals surface area contributed by atoms with Crippen molar-refractivity contribution < 1.29 is 13.2 Å². The average molecular weight is 290 g/mol. The molecule has 0 atom stereocenters. The maximum Gasteiger partial charge on any atom is 0.217 e. The van der Waals surface area contributed by atoms with E-state index in [0.717, 1.165) is 25.9 Å². The van der Waals surface area contributed by atoms with E-state index in [2.05, 4.69) is 12.2 Å². The molecule has 112 valence electrons. The van der Waals surface area contributed by atoms with Crippen LogP contribution in [0.1, 0.15) is 32.6 Å². The van der Waals surface area contributed by atoms with E-state index >= 15 is 0 Å². The molecule has 2 fully saturated rings. The zero-order valence-corrected chi connectivity index (χ0v) is 12.6. The lowest BCUT2D eigenvalue weighted by molar-refractivity contribution is 0.0967. The van der Waals surface area contributed by atoms with Gasteiger partial charge in [0.15, 0.2) is 0 Å². The average Bonchev–Trinajstić information content (AvgIpc) is 2.46. The van der Waals surface area contributed by atoms with Gasteiger partial charge in [0.25, 0.3) is 0 Å². The summed E-state index contributed by atoms with van der Waals surface area (Å²) in [5, 5.41) is 3.13. The third-order valence-electron chi connectivity index (χ3n) is 4.21. The van der Waals surface area contributed by atoms with Gasteiger partial charge in [0.1, 0.15) is 0 Å². The van der Waals surface area contributed by atoms with Gasteiger partial charge >= 0.3 is 0 Å². The summed E-state index contributed by atoms with van der Waals surface area (Å²) in [6.07, 6.45) is 3.27. The maximum absolute atomic E-state index is 12.5. The molecule has 2 saturated heterocycles. The first-order chi connectivity index (χ1) is 9.14. The number of rotatable bonds is 5. The van der Waals surface area contributed by atoms with E-state index in [1.54, 1.807) is 4.31 Å². The van der Waals surface area contributed by atoms with Crippen LogP contribution in [0.5, 0.6) is 0 Å². The summed E-state index contributed by atoms with van der Waals surface area (Å²) in [5.41, 5.74) is 0. The highest BCUT2D eigenvalue weighted by Gasteiger charge is 2.35. The highest BCUT2D eigenvalue weighted by atomic mass is 32.2. The van der Waals surface area contributed by atoms with Crippen LogP contribution < -0.4 is 5.32 Å². The molecule has 0 spiro atoms. The van der Waals surface area contributed by atoms with Crippen molar-refractivity contribution in [2.75, 3.05) is 39.4 Å². The summed E-state index contributed by atoms with van der Waals surface area (Å²) >= 11 is 0. The standard InChI is InChI=1S/C13H26N2O3S/c1-2-14-11-12-3-7-15(8-4-12)19(16,17)13-5-9-18-10-6-13/h12-14H,2-11H2,1H3. The van der Waals surface area contributed by atoms with Crippen LogP contribution in [0.3, 0.4) is 0 Å². The molecule has 2 aliphatic heterocycles. The quantitative estimate of drug-likeness (QED) is 0.814. The highest BCUT2D eigenvalue weighted by Crippen LogP contribution is 2.25. The van der Waals surface area contributed by atoms with Crippen LogP contribution in [0, 0.1) is 5.92 Å². The Balaban J connectivity index is 1.85. The molecule has 0 aliphatic carbocycles. The van der Waals surface area contributed by atoms with Crippen LogP contribution in [0.15, 0.2) is 0 Å². The van der Waals surface area contributed by atoms with Crippen molar-refractivity contribution in [3.8, 4) is 0 Å². The highest BCUT2D eigenvalue weighted by molar-refractivity contribution is 7.89. The smallest absolute Gasteiger partial charge is 0.217 e. The van der Waals surface area contributed by atoms with Gasteiger partial charge in [-0.05, 0) is 44.7 Å². The van der Waals surface area contributed by atoms with Gasteiger partial charge in [0.2, 0.25) is 10.0 Å². The Hall–Kier alpha value is -0.170. The van der Waals surface area contributed by atoms with E-state index in [0.29, 0.717) is 45.1 Å². The van der Waals surface area contributed by atoms with Crippen LogP contribution >= 0.6 is 0 Å². The molecule has 19 heavy (non-hydrogen) atoms. The largest absolute Gasteiger partial charge is 0.381 e. The molecular formula is C13H26N2O3S. The first-order valence-electron chi connectivity index (χ1n) is 7.42. The first-order valence-corrected chi connectivity index (χ1v) is 8.92. The molecule has 1 N–H and O–H groups in total. The number of hydrogen-bond acceptors (Lipinski definition) is 4. The maximum atomic E-state index is 12.5. The predicted octanol–water partition coefficient (Wildman–Crippen LogP) is 0.817. The van der Waals surface area contributed by atoms with Crippen LogP contribution in [-0.4, -0.2) is 57.4 Å². The summed E-state index contributed by atoms with van der Waals surface area (Å²) in [6, 6.07) is 0. The SMILES string of the molecule is CCNCC1CCN(S(=O)(=O)C2CCOCC2)CC1. The number of sulfonamides is 1. The van der Waals surface area contributed by atoms with Crippen LogP contribution in [0.4, 0.5) is 0 Å². The Kier molecular flexibility index (Phi) is 5.62. The molecule has 0 amide bonds. The normalized spacial score (nSPS) is 24.7. The lowest BCUT2D eigenvalue weighted by atomic mass is 9.98. The molecule has 5 nitrogen and oxygen atoms in total. The fourth-order valence-electron chi connectivity index (χ4n) is 2.90. The van der Waals surface area contributed by atoms with E-state index in [-0.39, 0.29) is 5.25 Å². The number of ether oxygens (including phenoxy) is 1. The van der Waals surface area contributed by atoms with Gasteiger partial charge in [0, 0.05) is 26.3 Å². The van der Waals surface area contributed by atoms with Crippen LogP contribution in [-0.2, 0) is 14.8 Å².